The number of nitrogens with zero attached hydrogens (tertiary/aromatic N) is 1. The van der Waals surface area contributed by atoms with E-state index in [1.165, 1.54) is 80.3 Å². The van der Waals surface area contributed by atoms with E-state index in [2.05, 4.69) is 205 Å². The number of fused-ring (bicyclic) bond motifs is 11. The second kappa shape index (κ2) is 11.3. The Morgan fingerprint density at radius 2 is 0.846 bits per heavy atom. The zero-order valence-corrected chi connectivity index (χ0v) is 30.2. The van der Waals surface area contributed by atoms with Gasteiger partial charge in [-0.05, 0) is 79.4 Å². The Bertz CT molecular complexity index is 2700. The minimum absolute atomic E-state index is 0.529. The summed E-state index contributed by atoms with van der Waals surface area (Å²) in [4.78, 5) is 2.63. The van der Waals surface area contributed by atoms with Crippen LogP contribution in [0.15, 0.2) is 210 Å². The van der Waals surface area contributed by atoms with Crippen LogP contribution in [-0.2, 0) is 5.41 Å². The number of hydrogen-bond acceptors (Lipinski definition) is 1. The van der Waals surface area contributed by atoms with E-state index < -0.39 is 13.5 Å². The lowest BCUT2D eigenvalue weighted by Crippen LogP contribution is -2.79. The van der Waals surface area contributed by atoms with E-state index >= 15 is 0 Å². The summed E-state index contributed by atoms with van der Waals surface area (Å²) in [5.74, 6) is 0. The summed E-state index contributed by atoms with van der Waals surface area (Å²) in [7, 11) is -2.86. The highest BCUT2D eigenvalue weighted by Crippen LogP contribution is 2.56. The summed E-state index contributed by atoms with van der Waals surface area (Å²) in [5.41, 5.74) is 8.59. The van der Waals surface area contributed by atoms with Gasteiger partial charge in [0.25, 0.3) is 0 Å². The highest BCUT2D eigenvalue weighted by Gasteiger charge is 2.57. The zero-order chi connectivity index (χ0) is 34.3. The van der Waals surface area contributed by atoms with E-state index in [0.29, 0.717) is 0 Å². The molecule has 0 bridgehead atoms. The van der Waals surface area contributed by atoms with Crippen molar-refractivity contribution < 1.29 is 0 Å². The molecule has 11 rings (SSSR count). The molecule has 52 heavy (non-hydrogen) atoms. The number of para-hydroxylation sites is 2. The maximum atomic E-state index is 2.57. The minimum atomic E-state index is -2.86. The molecule has 8 aromatic carbocycles. The molecule has 2 aliphatic heterocycles. The Morgan fingerprint density at radius 3 is 1.44 bits per heavy atom. The van der Waals surface area contributed by atoms with Crippen LogP contribution in [0.3, 0.4) is 0 Å². The van der Waals surface area contributed by atoms with Crippen molar-refractivity contribution in [2.45, 2.75) is 15.2 Å². The minimum Gasteiger partial charge on any atom is -0.309 e. The molecule has 0 fully saturated rings. The highest BCUT2D eigenvalue weighted by molar-refractivity contribution is 7.99. The van der Waals surface area contributed by atoms with Gasteiger partial charge in [0.15, 0.2) is 8.07 Å². The fourth-order valence-electron chi connectivity index (χ4n) is 9.68. The molecule has 0 amide bonds. The Morgan fingerprint density at radius 1 is 0.385 bits per heavy atom. The number of rotatable bonds is 3. The molecule has 2 aliphatic rings. The molecule has 0 aliphatic carbocycles. The topological polar surface area (TPSA) is 4.93 Å². The largest absolute Gasteiger partial charge is 0.309 e. The van der Waals surface area contributed by atoms with Gasteiger partial charge in [-0.3, -0.25) is 0 Å². The first-order valence-electron chi connectivity index (χ1n) is 18.0. The SMILES string of the molecule is c1ccc([Si]2(c3ccccc3)c3ccccc3C3(c4ccccc4Sc4ccccc43)c3cc(-n4c5ccccc5c5ccccc54)ccc32)cc1. The lowest BCUT2D eigenvalue weighted by atomic mass is 9.64. The van der Waals surface area contributed by atoms with E-state index in [4.69, 9.17) is 0 Å². The maximum Gasteiger partial charge on any atom is 0.180 e. The first kappa shape index (κ1) is 29.8. The van der Waals surface area contributed by atoms with Crippen molar-refractivity contribution in [3.8, 4) is 5.69 Å². The fourth-order valence-corrected chi connectivity index (χ4v) is 16.1. The average Bonchev–Trinajstić information content (AvgIpc) is 3.56. The second-order valence-electron chi connectivity index (χ2n) is 14.0. The van der Waals surface area contributed by atoms with E-state index in [9.17, 15) is 0 Å². The lowest BCUT2D eigenvalue weighted by Gasteiger charge is -2.51. The predicted octanol–water partition coefficient (Wildman–Crippen LogP) is 9.32. The smallest absolute Gasteiger partial charge is 0.180 e. The lowest BCUT2D eigenvalue weighted by molar-refractivity contribution is 0.706. The number of aromatic nitrogens is 1. The quantitative estimate of drug-likeness (QED) is 0.167. The second-order valence-corrected chi connectivity index (χ2v) is 18.8. The number of benzene rings is 8. The normalized spacial score (nSPS) is 14.8. The molecule has 0 atom stereocenters. The Balaban J connectivity index is 1.37. The van der Waals surface area contributed by atoms with E-state index in [-0.39, 0.29) is 0 Å². The molecule has 0 radical (unpaired) electrons. The molecule has 0 unspecified atom stereocenters. The fraction of sp³-hybridized carbons (Fsp3) is 0.0204. The van der Waals surface area contributed by atoms with Crippen LogP contribution in [0.5, 0.6) is 0 Å². The third-order valence-electron chi connectivity index (χ3n) is 11.6. The number of hydrogen-bond donors (Lipinski definition) is 0. The molecule has 1 nitrogen and oxygen atoms in total. The average molecular weight is 696 g/mol. The van der Waals surface area contributed by atoms with Crippen LogP contribution in [0.1, 0.15) is 22.3 Å². The summed E-state index contributed by atoms with van der Waals surface area (Å²) in [5, 5.41) is 8.27. The highest BCUT2D eigenvalue weighted by atomic mass is 32.2. The molecule has 0 saturated heterocycles. The summed E-state index contributed by atoms with van der Waals surface area (Å²) in [6.45, 7) is 0. The van der Waals surface area contributed by atoms with Gasteiger partial charge in [0, 0.05) is 26.3 Å². The predicted molar refractivity (Wildman–Crippen MR) is 220 cm³/mol. The van der Waals surface area contributed by atoms with Gasteiger partial charge in [-0.1, -0.05) is 176 Å². The van der Waals surface area contributed by atoms with Crippen LogP contribution in [0, 0.1) is 0 Å². The van der Waals surface area contributed by atoms with E-state index in [0.717, 1.165) is 0 Å². The van der Waals surface area contributed by atoms with Gasteiger partial charge < -0.3 is 4.57 Å². The molecule has 1 aromatic heterocycles. The van der Waals surface area contributed by atoms with Crippen LogP contribution < -0.4 is 20.7 Å². The third kappa shape index (κ3) is 3.84. The van der Waals surface area contributed by atoms with Crippen LogP contribution >= 0.6 is 11.8 Å². The van der Waals surface area contributed by atoms with Gasteiger partial charge in [-0.2, -0.15) is 0 Å². The van der Waals surface area contributed by atoms with Crippen molar-refractivity contribution in [1.29, 1.82) is 0 Å². The standard InChI is InChI=1S/C49H33NSSi/c1-3-17-35(18-4-1)52(36-19-5-2-6-20-36)47-30-16-11-25-41(47)49(39-23-9-14-28-45(39)51-46-29-15-10-24-40(46)49)42-33-34(31-32-48(42)52)50-43-26-12-7-21-37(43)38-22-8-13-27-44(38)50/h1-33H. The van der Waals surface area contributed by atoms with E-state index in [1.807, 2.05) is 11.8 Å². The van der Waals surface area contributed by atoms with E-state index in [1.54, 1.807) is 0 Å². The van der Waals surface area contributed by atoms with Crippen molar-refractivity contribution in [1.82, 2.24) is 4.57 Å². The van der Waals surface area contributed by atoms with Crippen molar-refractivity contribution >= 4 is 62.4 Å². The van der Waals surface area contributed by atoms with Crippen molar-refractivity contribution in [3.05, 3.63) is 222 Å². The van der Waals surface area contributed by atoms with Gasteiger partial charge in [-0.25, -0.2) is 0 Å². The monoisotopic (exact) mass is 695 g/mol. The first-order chi connectivity index (χ1) is 25.8. The molecule has 244 valence electrons. The van der Waals surface area contributed by atoms with Gasteiger partial charge >= 0.3 is 0 Å². The molecular weight excluding hydrogens is 663 g/mol. The first-order valence-corrected chi connectivity index (χ1v) is 20.8. The molecule has 1 spiro atoms. The van der Waals surface area contributed by atoms with Gasteiger partial charge in [0.05, 0.1) is 16.4 Å². The van der Waals surface area contributed by atoms with Gasteiger partial charge in [-0.15, -0.1) is 0 Å². The summed E-state index contributed by atoms with van der Waals surface area (Å²) >= 11 is 1.90. The molecular formula is C49H33NSSi. The van der Waals surface area contributed by atoms with Crippen LogP contribution in [0.2, 0.25) is 0 Å². The molecule has 0 saturated carbocycles. The summed E-state index contributed by atoms with van der Waals surface area (Å²) in [6.07, 6.45) is 0. The third-order valence-corrected chi connectivity index (χ3v) is 17.6. The van der Waals surface area contributed by atoms with Crippen molar-refractivity contribution in [3.63, 3.8) is 0 Å². The van der Waals surface area contributed by atoms with Gasteiger partial charge in [0.2, 0.25) is 0 Å². The molecule has 3 heteroatoms. The zero-order valence-electron chi connectivity index (χ0n) is 28.4. The summed E-state index contributed by atoms with van der Waals surface area (Å²) < 4.78 is 2.49. The Hall–Kier alpha value is -5.87. The van der Waals surface area contributed by atoms with Gasteiger partial charge in [0.1, 0.15) is 0 Å². The maximum absolute atomic E-state index is 2.86. The summed E-state index contributed by atoms with van der Waals surface area (Å²) in [6, 6.07) is 75.7. The Labute approximate surface area is 308 Å². The Kier molecular flexibility index (Phi) is 6.49. The van der Waals surface area contributed by atoms with Crippen LogP contribution in [0.4, 0.5) is 0 Å². The van der Waals surface area contributed by atoms with Crippen LogP contribution in [-0.4, -0.2) is 12.6 Å². The van der Waals surface area contributed by atoms with Crippen LogP contribution in [0.25, 0.3) is 27.5 Å². The molecule has 9 aromatic rings. The van der Waals surface area contributed by atoms with Crippen molar-refractivity contribution in [2.24, 2.45) is 0 Å². The van der Waals surface area contributed by atoms with Crippen molar-refractivity contribution in [2.75, 3.05) is 0 Å². The molecule has 0 N–H and O–H groups in total. The molecule has 3 heterocycles.